The van der Waals surface area contributed by atoms with E-state index in [0.29, 0.717) is 13.2 Å². The number of para-hydroxylation sites is 1. The number of aryl methyl sites for hydroxylation is 1. The Balaban J connectivity index is 1.42. The summed E-state index contributed by atoms with van der Waals surface area (Å²) in [5, 5.41) is 1.02. The summed E-state index contributed by atoms with van der Waals surface area (Å²) in [7, 11) is 2.03. The molecular formula is C20H18N2O3S. The Morgan fingerprint density at radius 1 is 1.08 bits per heavy atom. The maximum absolute atomic E-state index is 11.7. The van der Waals surface area contributed by atoms with Crippen LogP contribution in [-0.2, 0) is 25.0 Å². The van der Waals surface area contributed by atoms with Crippen molar-refractivity contribution >= 4 is 33.8 Å². The molecule has 2 aromatic carbocycles. The van der Waals surface area contributed by atoms with Gasteiger partial charge in [0.2, 0.25) is 5.91 Å². The number of hydrogen-bond acceptors (Lipinski definition) is 4. The predicted molar refractivity (Wildman–Crippen MR) is 102 cm³/mol. The number of amides is 2. The molecule has 4 rings (SSSR count). The minimum atomic E-state index is -0.175. The van der Waals surface area contributed by atoms with Crippen LogP contribution in [0, 0.1) is 0 Å². The fourth-order valence-corrected chi connectivity index (χ4v) is 3.77. The molecule has 0 saturated carbocycles. The molecule has 3 aromatic rings. The minimum absolute atomic E-state index is 0.129. The molecule has 1 aromatic heterocycles. The van der Waals surface area contributed by atoms with Gasteiger partial charge < -0.3 is 9.30 Å². The third-order valence-corrected chi connectivity index (χ3v) is 5.40. The lowest BCUT2D eigenvalue weighted by molar-refractivity contribution is -0.125. The molecule has 132 valence electrons. The zero-order valence-electron chi connectivity index (χ0n) is 14.3. The first-order chi connectivity index (χ1) is 12.6. The van der Waals surface area contributed by atoms with Crippen molar-refractivity contribution in [2.75, 3.05) is 5.75 Å². The van der Waals surface area contributed by atoms with Gasteiger partial charge in [0, 0.05) is 12.6 Å². The van der Waals surface area contributed by atoms with Gasteiger partial charge in [0.15, 0.2) is 0 Å². The van der Waals surface area contributed by atoms with Crippen molar-refractivity contribution in [3.63, 3.8) is 0 Å². The molecule has 1 aliphatic heterocycles. The highest BCUT2D eigenvalue weighted by molar-refractivity contribution is 8.14. The molecule has 2 heterocycles. The summed E-state index contributed by atoms with van der Waals surface area (Å²) in [5.74, 6) is 0.869. The van der Waals surface area contributed by atoms with Gasteiger partial charge in [-0.1, -0.05) is 42.1 Å². The van der Waals surface area contributed by atoms with Gasteiger partial charge in [-0.05, 0) is 35.2 Å². The molecule has 0 bridgehead atoms. The summed E-state index contributed by atoms with van der Waals surface area (Å²) in [6.07, 6.45) is 0. The summed E-state index contributed by atoms with van der Waals surface area (Å²) in [4.78, 5) is 24.6. The van der Waals surface area contributed by atoms with Crippen LogP contribution in [0.1, 0.15) is 11.3 Å². The van der Waals surface area contributed by atoms with Gasteiger partial charge in [-0.3, -0.25) is 14.5 Å². The van der Waals surface area contributed by atoms with Gasteiger partial charge in [0.1, 0.15) is 12.4 Å². The van der Waals surface area contributed by atoms with Gasteiger partial charge in [-0.2, -0.15) is 0 Å². The van der Waals surface area contributed by atoms with Gasteiger partial charge in [-0.15, -0.1) is 0 Å². The summed E-state index contributed by atoms with van der Waals surface area (Å²) in [6.45, 7) is 0.790. The minimum Gasteiger partial charge on any atom is -0.487 e. The summed E-state index contributed by atoms with van der Waals surface area (Å²) >= 11 is 1.06. The van der Waals surface area contributed by atoms with E-state index in [2.05, 4.69) is 22.8 Å². The molecule has 0 atom stereocenters. The normalized spacial score (nSPS) is 14.4. The van der Waals surface area contributed by atoms with Crippen LogP contribution in [0.25, 0.3) is 10.9 Å². The van der Waals surface area contributed by atoms with E-state index in [9.17, 15) is 9.59 Å². The number of benzene rings is 2. The van der Waals surface area contributed by atoms with E-state index in [0.717, 1.165) is 28.8 Å². The second-order valence-electron chi connectivity index (χ2n) is 6.22. The number of carbonyl (C=O) groups is 2. The number of nitrogens with zero attached hydrogens (tertiary/aromatic N) is 2. The van der Waals surface area contributed by atoms with Gasteiger partial charge in [-0.25, -0.2) is 0 Å². The molecule has 0 spiro atoms. The molecule has 1 aliphatic rings. The first-order valence-electron chi connectivity index (χ1n) is 8.34. The van der Waals surface area contributed by atoms with Crippen molar-refractivity contribution in [1.82, 2.24) is 9.47 Å². The molecule has 6 heteroatoms. The van der Waals surface area contributed by atoms with Crippen LogP contribution in [-0.4, -0.2) is 26.4 Å². The molecule has 26 heavy (non-hydrogen) atoms. The highest BCUT2D eigenvalue weighted by Gasteiger charge is 2.29. The van der Waals surface area contributed by atoms with Gasteiger partial charge in [0.25, 0.3) is 5.24 Å². The number of imide groups is 1. The SMILES string of the molecule is Cn1c(COc2ccc(CN3C(=O)CSC3=O)cc2)cc2ccccc21. The molecule has 0 aliphatic carbocycles. The van der Waals surface area contributed by atoms with Crippen LogP contribution < -0.4 is 4.74 Å². The van der Waals surface area contributed by atoms with Crippen molar-refractivity contribution < 1.29 is 14.3 Å². The Labute approximate surface area is 155 Å². The molecule has 1 saturated heterocycles. The van der Waals surface area contributed by atoms with Crippen LogP contribution in [0.5, 0.6) is 5.75 Å². The van der Waals surface area contributed by atoms with Crippen molar-refractivity contribution in [1.29, 1.82) is 0 Å². The standard InChI is InChI=1S/C20H18N2O3S/c1-21-16(10-15-4-2-3-5-18(15)21)12-25-17-8-6-14(7-9-17)11-22-19(23)13-26-20(22)24/h2-10H,11-13H2,1H3. The van der Waals surface area contributed by atoms with Crippen LogP contribution in [0.4, 0.5) is 4.79 Å². The topological polar surface area (TPSA) is 51.5 Å². The zero-order valence-corrected chi connectivity index (χ0v) is 15.2. The Morgan fingerprint density at radius 3 is 2.54 bits per heavy atom. The van der Waals surface area contributed by atoms with E-state index in [1.165, 1.54) is 15.8 Å². The van der Waals surface area contributed by atoms with Gasteiger partial charge >= 0.3 is 0 Å². The van der Waals surface area contributed by atoms with Crippen molar-refractivity contribution in [2.24, 2.45) is 7.05 Å². The predicted octanol–water partition coefficient (Wildman–Crippen LogP) is 3.95. The van der Waals surface area contributed by atoms with Crippen molar-refractivity contribution in [3.8, 4) is 5.75 Å². The van der Waals surface area contributed by atoms with Crippen LogP contribution in [0.3, 0.4) is 0 Å². The fraction of sp³-hybridized carbons (Fsp3) is 0.200. The second kappa shape index (κ2) is 6.88. The third-order valence-electron chi connectivity index (χ3n) is 4.54. The number of carbonyl (C=O) groups excluding carboxylic acids is 2. The van der Waals surface area contributed by atoms with Crippen LogP contribution >= 0.6 is 11.8 Å². The van der Waals surface area contributed by atoms with E-state index in [-0.39, 0.29) is 16.9 Å². The number of hydrogen-bond donors (Lipinski definition) is 0. The highest BCUT2D eigenvalue weighted by Crippen LogP contribution is 2.23. The molecule has 2 amide bonds. The van der Waals surface area contributed by atoms with Gasteiger partial charge in [0.05, 0.1) is 18.0 Å². The van der Waals surface area contributed by atoms with E-state index in [4.69, 9.17) is 4.74 Å². The Bertz CT molecular complexity index is 962. The van der Waals surface area contributed by atoms with Crippen LogP contribution in [0.15, 0.2) is 54.6 Å². The van der Waals surface area contributed by atoms with Crippen LogP contribution in [0.2, 0.25) is 0 Å². The second-order valence-corrected chi connectivity index (χ2v) is 7.15. The lowest BCUT2D eigenvalue weighted by Crippen LogP contribution is -2.27. The number of rotatable bonds is 5. The average Bonchev–Trinajstić information content (AvgIpc) is 3.15. The molecule has 0 radical (unpaired) electrons. The summed E-state index contributed by atoms with van der Waals surface area (Å²) < 4.78 is 8.03. The molecule has 0 unspecified atom stereocenters. The fourth-order valence-electron chi connectivity index (χ4n) is 3.05. The number of thioether (sulfide) groups is 1. The average molecular weight is 366 g/mol. The maximum Gasteiger partial charge on any atom is 0.289 e. The Kier molecular flexibility index (Phi) is 4.42. The Morgan fingerprint density at radius 2 is 1.85 bits per heavy atom. The van der Waals surface area contributed by atoms with E-state index < -0.39 is 0 Å². The van der Waals surface area contributed by atoms with Crippen molar-refractivity contribution in [2.45, 2.75) is 13.2 Å². The lowest BCUT2D eigenvalue weighted by Gasteiger charge is -2.13. The quantitative estimate of drug-likeness (QED) is 0.686. The zero-order chi connectivity index (χ0) is 18.1. The van der Waals surface area contributed by atoms with E-state index >= 15 is 0 Å². The Hall–Kier alpha value is -2.73. The largest absolute Gasteiger partial charge is 0.487 e. The maximum atomic E-state index is 11.7. The lowest BCUT2D eigenvalue weighted by atomic mass is 10.2. The first-order valence-corrected chi connectivity index (χ1v) is 9.32. The summed E-state index contributed by atoms with van der Waals surface area (Å²) in [6, 6.07) is 17.9. The molecule has 5 nitrogen and oxygen atoms in total. The number of ether oxygens (including phenoxy) is 1. The number of fused-ring (bicyclic) bond motifs is 1. The first kappa shape index (κ1) is 16.7. The molecule has 1 fully saturated rings. The highest BCUT2D eigenvalue weighted by atomic mass is 32.2. The summed E-state index contributed by atoms with van der Waals surface area (Å²) in [5.41, 5.74) is 3.19. The third kappa shape index (κ3) is 3.20. The molecular weight excluding hydrogens is 348 g/mol. The number of aromatic nitrogens is 1. The molecule has 0 N–H and O–H groups in total. The van der Waals surface area contributed by atoms with Crippen molar-refractivity contribution in [3.05, 3.63) is 65.9 Å². The smallest absolute Gasteiger partial charge is 0.289 e. The van der Waals surface area contributed by atoms with E-state index in [1.807, 2.05) is 43.4 Å². The van der Waals surface area contributed by atoms with E-state index in [1.54, 1.807) is 0 Å². The monoisotopic (exact) mass is 366 g/mol.